The van der Waals surface area contributed by atoms with Crippen molar-refractivity contribution in [1.82, 2.24) is 10.2 Å². The number of nitrogens with zero attached hydrogens (tertiary/aromatic N) is 1. The van der Waals surface area contributed by atoms with E-state index in [1.807, 2.05) is 30.3 Å². The standard InChI is InChI=1S/C23H29N3O4/c1-23(2,26-12-14-29-15-13-26)17-24-21(27)16-30-20-11-7-6-10-19(20)22(28)25-18-8-4-3-5-9-18/h3-11H,12-17H2,1-2H3,(H,24,27)(H,25,28). The fourth-order valence-electron chi connectivity index (χ4n) is 3.29. The van der Waals surface area contributed by atoms with Crippen LogP contribution in [0, 0.1) is 0 Å². The Hall–Kier alpha value is -2.90. The first-order chi connectivity index (χ1) is 14.5. The van der Waals surface area contributed by atoms with Crippen molar-refractivity contribution in [2.24, 2.45) is 0 Å². The van der Waals surface area contributed by atoms with E-state index in [1.165, 1.54) is 0 Å². The summed E-state index contributed by atoms with van der Waals surface area (Å²) in [5.74, 6) is -0.145. The van der Waals surface area contributed by atoms with Crippen LogP contribution in [0.15, 0.2) is 54.6 Å². The van der Waals surface area contributed by atoms with Crippen LogP contribution in [0.25, 0.3) is 0 Å². The average molecular weight is 412 g/mol. The molecule has 30 heavy (non-hydrogen) atoms. The van der Waals surface area contributed by atoms with Gasteiger partial charge in [0.2, 0.25) is 0 Å². The molecule has 0 unspecified atom stereocenters. The molecule has 2 N–H and O–H groups in total. The van der Waals surface area contributed by atoms with Crippen molar-refractivity contribution in [2.45, 2.75) is 19.4 Å². The molecular weight excluding hydrogens is 382 g/mol. The summed E-state index contributed by atoms with van der Waals surface area (Å²) in [5, 5.41) is 5.76. The van der Waals surface area contributed by atoms with Gasteiger partial charge < -0.3 is 20.1 Å². The Morgan fingerprint density at radius 1 is 1.03 bits per heavy atom. The van der Waals surface area contributed by atoms with Gasteiger partial charge in [0.1, 0.15) is 5.75 Å². The number of ether oxygens (including phenoxy) is 2. The number of nitrogens with one attached hydrogen (secondary N) is 2. The topological polar surface area (TPSA) is 79.9 Å². The van der Waals surface area contributed by atoms with Gasteiger partial charge in [0.15, 0.2) is 6.61 Å². The molecule has 0 atom stereocenters. The average Bonchev–Trinajstić information content (AvgIpc) is 2.78. The molecule has 0 radical (unpaired) electrons. The van der Waals surface area contributed by atoms with Crippen LogP contribution < -0.4 is 15.4 Å². The van der Waals surface area contributed by atoms with Crippen molar-refractivity contribution in [1.29, 1.82) is 0 Å². The molecule has 1 aliphatic heterocycles. The maximum absolute atomic E-state index is 12.6. The quantitative estimate of drug-likeness (QED) is 0.698. The van der Waals surface area contributed by atoms with Crippen molar-refractivity contribution < 1.29 is 19.1 Å². The van der Waals surface area contributed by atoms with Gasteiger partial charge in [-0.15, -0.1) is 0 Å². The fraction of sp³-hybridized carbons (Fsp3) is 0.391. The molecule has 2 aromatic rings. The maximum Gasteiger partial charge on any atom is 0.259 e. The highest BCUT2D eigenvalue weighted by Crippen LogP contribution is 2.20. The first kappa shape index (κ1) is 21.8. The van der Waals surface area contributed by atoms with E-state index in [9.17, 15) is 9.59 Å². The second-order valence-electron chi connectivity index (χ2n) is 7.79. The van der Waals surface area contributed by atoms with Crippen molar-refractivity contribution >= 4 is 17.5 Å². The zero-order valence-corrected chi connectivity index (χ0v) is 17.5. The van der Waals surface area contributed by atoms with E-state index in [0.717, 1.165) is 13.1 Å². The zero-order chi connectivity index (χ0) is 21.4. The summed E-state index contributed by atoms with van der Waals surface area (Å²) in [6.45, 7) is 7.67. The van der Waals surface area contributed by atoms with Gasteiger partial charge in [-0.1, -0.05) is 30.3 Å². The van der Waals surface area contributed by atoms with Gasteiger partial charge >= 0.3 is 0 Å². The molecule has 1 aliphatic rings. The summed E-state index contributed by atoms with van der Waals surface area (Å²) >= 11 is 0. The SMILES string of the molecule is CC(C)(CNC(=O)COc1ccccc1C(=O)Nc1ccccc1)N1CCOCC1. The zero-order valence-electron chi connectivity index (χ0n) is 17.5. The molecule has 2 amide bonds. The predicted octanol–water partition coefficient (Wildman–Crippen LogP) is 2.54. The van der Waals surface area contributed by atoms with Gasteiger partial charge in [-0.25, -0.2) is 0 Å². The number of amides is 2. The van der Waals surface area contributed by atoms with Crippen LogP contribution in [0.3, 0.4) is 0 Å². The van der Waals surface area contributed by atoms with E-state index in [2.05, 4.69) is 29.4 Å². The molecule has 0 aliphatic carbocycles. The Labute approximate surface area is 177 Å². The Kier molecular flexibility index (Phi) is 7.43. The number of hydrogen-bond acceptors (Lipinski definition) is 5. The van der Waals surface area contributed by atoms with Gasteiger partial charge in [0, 0.05) is 30.9 Å². The number of hydrogen-bond donors (Lipinski definition) is 2. The highest BCUT2D eigenvalue weighted by atomic mass is 16.5. The minimum atomic E-state index is -0.286. The normalized spacial score (nSPS) is 14.7. The smallest absolute Gasteiger partial charge is 0.259 e. The molecule has 1 fully saturated rings. The Morgan fingerprint density at radius 3 is 2.43 bits per heavy atom. The number of benzene rings is 2. The lowest BCUT2D eigenvalue weighted by molar-refractivity contribution is -0.123. The molecule has 1 saturated heterocycles. The molecule has 0 aromatic heterocycles. The molecule has 0 spiro atoms. The van der Waals surface area contributed by atoms with Gasteiger partial charge in [-0.05, 0) is 38.1 Å². The first-order valence-corrected chi connectivity index (χ1v) is 10.1. The lowest BCUT2D eigenvalue weighted by Gasteiger charge is -2.40. The van der Waals surface area contributed by atoms with Gasteiger partial charge in [0.25, 0.3) is 11.8 Å². The maximum atomic E-state index is 12.6. The molecule has 7 nitrogen and oxygen atoms in total. The number of anilines is 1. The molecule has 2 aromatic carbocycles. The van der Waals surface area contributed by atoms with Crippen LogP contribution in [0.4, 0.5) is 5.69 Å². The van der Waals surface area contributed by atoms with Crippen LogP contribution in [-0.2, 0) is 9.53 Å². The Morgan fingerprint density at radius 2 is 1.70 bits per heavy atom. The minimum absolute atomic E-state index is 0.158. The third-order valence-corrected chi connectivity index (χ3v) is 5.11. The van der Waals surface area contributed by atoms with Crippen molar-refractivity contribution in [2.75, 3.05) is 44.8 Å². The third-order valence-electron chi connectivity index (χ3n) is 5.11. The molecule has 160 valence electrons. The molecular formula is C23H29N3O4. The number of carbonyl (C=O) groups is 2. The monoisotopic (exact) mass is 411 g/mol. The van der Waals surface area contributed by atoms with Crippen LogP contribution in [0.5, 0.6) is 5.75 Å². The van der Waals surface area contributed by atoms with E-state index in [0.29, 0.717) is 36.8 Å². The Balaban J connectivity index is 1.53. The van der Waals surface area contributed by atoms with Crippen LogP contribution >= 0.6 is 0 Å². The molecule has 7 heteroatoms. The second-order valence-corrected chi connectivity index (χ2v) is 7.79. The van der Waals surface area contributed by atoms with Gasteiger partial charge in [-0.3, -0.25) is 14.5 Å². The van der Waals surface area contributed by atoms with Crippen LogP contribution in [-0.4, -0.2) is 61.7 Å². The second kappa shape index (κ2) is 10.2. The highest BCUT2D eigenvalue weighted by Gasteiger charge is 2.28. The van der Waals surface area contributed by atoms with Gasteiger partial charge in [-0.2, -0.15) is 0 Å². The highest BCUT2D eigenvalue weighted by molar-refractivity contribution is 6.06. The first-order valence-electron chi connectivity index (χ1n) is 10.1. The summed E-state index contributed by atoms with van der Waals surface area (Å²) in [5.41, 5.74) is 0.899. The summed E-state index contributed by atoms with van der Waals surface area (Å²) in [6.07, 6.45) is 0. The summed E-state index contributed by atoms with van der Waals surface area (Å²) in [6, 6.07) is 16.1. The number of morpholine rings is 1. The van der Waals surface area contributed by atoms with Crippen LogP contribution in [0.1, 0.15) is 24.2 Å². The van der Waals surface area contributed by atoms with E-state index in [1.54, 1.807) is 24.3 Å². The van der Waals surface area contributed by atoms with Crippen molar-refractivity contribution in [3.8, 4) is 5.75 Å². The largest absolute Gasteiger partial charge is 0.483 e. The molecule has 0 saturated carbocycles. The predicted molar refractivity (Wildman–Crippen MR) is 116 cm³/mol. The molecule has 3 rings (SSSR count). The minimum Gasteiger partial charge on any atom is -0.483 e. The lowest BCUT2D eigenvalue weighted by Crippen LogP contribution is -2.55. The molecule has 1 heterocycles. The van der Waals surface area contributed by atoms with E-state index in [4.69, 9.17) is 9.47 Å². The van der Waals surface area contributed by atoms with E-state index in [-0.39, 0.29) is 24.0 Å². The lowest BCUT2D eigenvalue weighted by atomic mass is 10.0. The third kappa shape index (κ3) is 6.05. The number of rotatable bonds is 8. The van der Waals surface area contributed by atoms with Gasteiger partial charge in [0.05, 0.1) is 18.8 Å². The fourth-order valence-corrected chi connectivity index (χ4v) is 3.29. The summed E-state index contributed by atoms with van der Waals surface area (Å²) in [7, 11) is 0. The summed E-state index contributed by atoms with van der Waals surface area (Å²) < 4.78 is 11.1. The number of para-hydroxylation sites is 2. The van der Waals surface area contributed by atoms with Crippen molar-refractivity contribution in [3.05, 3.63) is 60.2 Å². The van der Waals surface area contributed by atoms with Crippen molar-refractivity contribution in [3.63, 3.8) is 0 Å². The number of carbonyl (C=O) groups excluding carboxylic acids is 2. The van der Waals surface area contributed by atoms with E-state index < -0.39 is 0 Å². The van der Waals surface area contributed by atoms with E-state index >= 15 is 0 Å². The van der Waals surface area contributed by atoms with Crippen LogP contribution in [0.2, 0.25) is 0 Å². The summed E-state index contributed by atoms with van der Waals surface area (Å²) in [4.78, 5) is 27.2. The molecule has 0 bridgehead atoms. The Bertz CT molecular complexity index is 849.